The third-order valence-corrected chi connectivity index (χ3v) is 3.64. The average Bonchev–Trinajstić information content (AvgIpc) is 2.44. The highest BCUT2D eigenvalue weighted by molar-refractivity contribution is 6.30. The van der Waals surface area contributed by atoms with Gasteiger partial charge < -0.3 is 0 Å². The predicted octanol–water partition coefficient (Wildman–Crippen LogP) is 3.89. The first kappa shape index (κ1) is 13.0. The molecule has 2 heterocycles. The molecule has 1 aromatic carbocycles. The molecule has 0 N–H and O–H groups in total. The van der Waals surface area contributed by atoms with E-state index in [9.17, 15) is 0 Å². The van der Waals surface area contributed by atoms with Crippen molar-refractivity contribution in [2.75, 3.05) is 0 Å². The summed E-state index contributed by atoms with van der Waals surface area (Å²) in [5, 5.41) is 1.59. The Labute approximate surface area is 122 Å². The fraction of sp³-hybridized carbons (Fsp3) is 0.188. The molecule has 3 aromatic rings. The maximum atomic E-state index is 6.17. The van der Waals surface area contributed by atoms with Gasteiger partial charge in [0.1, 0.15) is 0 Å². The summed E-state index contributed by atoms with van der Waals surface area (Å²) >= 11 is 6.17. The largest absolute Gasteiger partial charge is 0.253 e. The van der Waals surface area contributed by atoms with Gasteiger partial charge >= 0.3 is 0 Å². The van der Waals surface area contributed by atoms with Crippen LogP contribution in [0.5, 0.6) is 0 Å². The minimum atomic E-state index is 0.461. The summed E-state index contributed by atoms with van der Waals surface area (Å²) < 4.78 is 0. The van der Waals surface area contributed by atoms with Crippen molar-refractivity contribution in [1.82, 2.24) is 15.0 Å². The summed E-state index contributed by atoms with van der Waals surface area (Å²) in [5.41, 5.74) is 4.48. The Kier molecular flexibility index (Phi) is 3.36. The number of hydrogen-bond acceptors (Lipinski definition) is 3. The first-order valence-corrected chi connectivity index (χ1v) is 6.85. The fourth-order valence-electron chi connectivity index (χ4n) is 2.11. The van der Waals surface area contributed by atoms with Crippen LogP contribution in [0.2, 0.25) is 5.15 Å². The zero-order chi connectivity index (χ0) is 14.1. The van der Waals surface area contributed by atoms with Crippen molar-refractivity contribution in [1.29, 1.82) is 0 Å². The zero-order valence-corrected chi connectivity index (χ0v) is 12.1. The van der Waals surface area contributed by atoms with E-state index in [1.54, 1.807) is 0 Å². The molecule has 0 spiro atoms. The molecule has 0 radical (unpaired) electrons. The number of aryl methyl sites for hydroxylation is 2. The van der Waals surface area contributed by atoms with Crippen molar-refractivity contribution < 1.29 is 0 Å². The van der Waals surface area contributed by atoms with Crippen LogP contribution in [0.3, 0.4) is 0 Å². The SMILES string of the molecule is Cc1nc(Cl)c(Cc2ccc3ccccc3n2)nc1C. The van der Waals surface area contributed by atoms with Crippen molar-refractivity contribution >= 4 is 22.5 Å². The summed E-state index contributed by atoms with van der Waals surface area (Å²) in [6.45, 7) is 3.85. The highest BCUT2D eigenvalue weighted by Crippen LogP contribution is 2.18. The summed E-state index contributed by atoms with van der Waals surface area (Å²) in [5.74, 6) is 0. The number of para-hydroxylation sites is 1. The minimum absolute atomic E-state index is 0.461. The van der Waals surface area contributed by atoms with Crippen LogP contribution in [0.25, 0.3) is 10.9 Å². The third kappa shape index (κ3) is 2.49. The molecule has 2 aromatic heterocycles. The number of hydrogen-bond donors (Lipinski definition) is 0. The van der Waals surface area contributed by atoms with E-state index in [0.29, 0.717) is 11.6 Å². The van der Waals surface area contributed by atoms with Crippen LogP contribution in [-0.2, 0) is 6.42 Å². The van der Waals surface area contributed by atoms with Gasteiger partial charge in [-0.3, -0.25) is 9.97 Å². The lowest BCUT2D eigenvalue weighted by Gasteiger charge is -2.07. The Bertz CT molecular complexity index is 784. The fourth-order valence-corrected chi connectivity index (χ4v) is 2.35. The predicted molar refractivity (Wildman–Crippen MR) is 81.1 cm³/mol. The van der Waals surface area contributed by atoms with Crippen LogP contribution in [0.1, 0.15) is 22.8 Å². The maximum Gasteiger partial charge on any atom is 0.151 e. The molecule has 0 bridgehead atoms. The Morgan fingerprint density at radius 3 is 2.50 bits per heavy atom. The van der Waals surface area contributed by atoms with Gasteiger partial charge in [-0.2, -0.15) is 0 Å². The summed E-state index contributed by atoms with van der Waals surface area (Å²) in [7, 11) is 0. The van der Waals surface area contributed by atoms with E-state index >= 15 is 0 Å². The first-order valence-electron chi connectivity index (χ1n) is 6.48. The van der Waals surface area contributed by atoms with Crippen LogP contribution in [0.4, 0.5) is 0 Å². The van der Waals surface area contributed by atoms with Gasteiger partial charge in [0, 0.05) is 17.5 Å². The van der Waals surface area contributed by atoms with Crippen LogP contribution in [0, 0.1) is 13.8 Å². The molecule has 0 fully saturated rings. The number of benzene rings is 1. The van der Waals surface area contributed by atoms with Gasteiger partial charge in [0.25, 0.3) is 0 Å². The second-order valence-corrected chi connectivity index (χ2v) is 5.16. The molecule has 3 rings (SSSR count). The summed E-state index contributed by atoms with van der Waals surface area (Å²) in [6.07, 6.45) is 0.595. The van der Waals surface area contributed by atoms with E-state index in [-0.39, 0.29) is 0 Å². The lowest BCUT2D eigenvalue weighted by Crippen LogP contribution is -2.02. The lowest BCUT2D eigenvalue weighted by atomic mass is 10.1. The van der Waals surface area contributed by atoms with Gasteiger partial charge in [0.15, 0.2) is 5.15 Å². The number of aromatic nitrogens is 3. The molecule has 4 heteroatoms. The zero-order valence-electron chi connectivity index (χ0n) is 11.4. The molecule has 0 aliphatic heterocycles. The Morgan fingerprint density at radius 2 is 1.65 bits per heavy atom. The van der Waals surface area contributed by atoms with Crippen LogP contribution in [-0.4, -0.2) is 15.0 Å². The van der Waals surface area contributed by atoms with Gasteiger partial charge in [-0.25, -0.2) is 4.98 Å². The van der Waals surface area contributed by atoms with Crippen molar-refractivity contribution in [3.8, 4) is 0 Å². The van der Waals surface area contributed by atoms with Crippen molar-refractivity contribution in [2.45, 2.75) is 20.3 Å². The number of nitrogens with zero attached hydrogens (tertiary/aromatic N) is 3. The number of rotatable bonds is 2. The molecule has 100 valence electrons. The van der Waals surface area contributed by atoms with Gasteiger partial charge in [-0.15, -0.1) is 0 Å². The lowest BCUT2D eigenvalue weighted by molar-refractivity contribution is 0.943. The second kappa shape index (κ2) is 5.17. The average molecular weight is 284 g/mol. The van der Waals surface area contributed by atoms with Crippen LogP contribution < -0.4 is 0 Å². The molecular formula is C16H14ClN3. The highest BCUT2D eigenvalue weighted by Gasteiger charge is 2.09. The maximum absolute atomic E-state index is 6.17. The van der Waals surface area contributed by atoms with E-state index in [1.807, 2.05) is 38.1 Å². The Hall–Kier alpha value is -2.00. The molecule has 0 aliphatic carbocycles. The smallest absolute Gasteiger partial charge is 0.151 e. The highest BCUT2D eigenvalue weighted by atomic mass is 35.5. The van der Waals surface area contributed by atoms with E-state index < -0.39 is 0 Å². The summed E-state index contributed by atoms with van der Waals surface area (Å²) in [4.78, 5) is 13.5. The molecule has 0 saturated carbocycles. The van der Waals surface area contributed by atoms with Gasteiger partial charge in [-0.05, 0) is 26.0 Å². The van der Waals surface area contributed by atoms with Crippen molar-refractivity contribution in [3.05, 3.63) is 64.3 Å². The van der Waals surface area contributed by atoms with E-state index in [4.69, 9.17) is 11.6 Å². The third-order valence-electron chi connectivity index (χ3n) is 3.33. The first-order chi connectivity index (χ1) is 9.63. The Balaban J connectivity index is 1.99. The minimum Gasteiger partial charge on any atom is -0.253 e. The van der Waals surface area contributed by atoms with Crippen LogP contribution in [0.15, 0.2) is 36.4 Å². The summed E-state index contributed by atoms with van der Waals surface area (Å²) in [6, 6.07) is 12.1. The molecule has 0 saturated heterocycles. The monoisotopic (exact) mass is 283 g/mol. The molecule has 20 heavy (non-hydrogen) atoms. The number of fused-ring (bicyclic) bond motifs is 1. The number of pyridine rings is 1. The topological polar surface area (TPSA) is 38.7 Å². The molecule has 0 aliphatic rings. The quantitative estimate of drug-likeness (QED) is 0.716. The number of halogens is 1. The molecule has 0 unspecified atom stereocenters. The normalized spacial score (nSPS) is 10.9. The van der Waals surface area contributed by atoms with Gasteiger partial charge in [0.2, 0.25) is 0 Å². The van der Waals surface area contributed by atoms with E-state index in [2.05, 4.69) is 27.1 Å². The molecule has 0 amide bonds. The van der Waals surface area contributed by atoms with Crippen LogP contribution >= 0.6 is 11.6 Å². The van der Waals surface area contributed by atoms with Crippen molar-refractivity contribution in [3.63, 3.8) is 0 Å². The van der Waals surface area contributed by atoms with Crippen molar-refractivity contribution in [2.24, 2.45) is 0 Å². The standard InChI is InChI=1S/C16H14ClN3/c1-10-11(2)19-16(17)15(18-10)9-13-8-7-12-5-3-4-6-14(12)20-13/h3-8H,9H2,1-2H3. The molecule has 3 nitrogen and oxygen atoms in total. The van der Waals surface area contributed by atoms with Gasteiger partial charge in [-0.1, -0.05) is 35.9 Å². The molecular weight excluding hydrogens is 270 g/mol. The van der Waals surface area contributed by atoms with Gasteiger partial charge in [0.05, 0.1) is 22.6 Å². The second-order valence-electron chi connectivity index (χ2n) is 4.80. The van der Waals surface area contributed by atoms with E-state index in [0.717, 1.165) is 33.7 Å². The Morgan fingerprint density at radius 1 is 0.900 bits per heavy atom. The molecule has 0 atom stereocenters. The van der Waals surface area contributed by atoms with E-state index in [1.165, 1.54) is 0 Å².